The summed E-state index contributed by atoms with van der Waals surface area (Å²) in [7, 11) is 1.67. The van der Waals surface area contributed by atoms with E-state index in [0.717, 1.165) is 23.8 Å². The van der Waals surface area contributed by atoms with Gasteiger partial charge in [0, 0.05) is 13.7 Å². The monoisotopic (exact) mass is 355 g/mol. The van der Waals surface area contributed by atoms with Crippen LogP contribution in [0.5, 0.6) is 5.75 Å². The number of guanidine groups is 1. The molecule has 0 saturated carbocycles. The number of benzene rings is 2. The number of nitrogens with zero attached hydrogens (tertiary/aromatic N) is 1. The Morgan fingerprint density at radius 2 is 1.77 bits per heavy atom. The van der Waals surface area contributed by atoms with E-state index in [-0.39, 0.29) is 6.04 Å². The fourth-order valence-electron chi connectivity index (χ4n) is 2.45. The highest BCUT2D eigenvalue weighted by Crippen LogP contribution is 2.13. The molecule has 0 aliphatic heterocycles. The second-order valence-corrected chi connectivity index (χ2v) is 5.96. The van der Waals surface area contributed by atoms with Crippen LogP contribution in [0.15, 0.2) is 59.6 Å². The summed E-state index contributed by atoms with van der Waals surface area (Å²) in [6.07, 6.45) is 0. The minimum Gasteiger partial charge on any atom is -0.491 e. The predicted octanol–water partition coefficient (Wildman–Crippen LogP) is 3.53. The Labute approximate surface area is 156 Å². The van der Waals surface area contributed by atoms with Crippen molar-refractivity contribution >= 4 is 5.96 Å². The summed E-state index contributed by atoms with van der Waals surface area (Å²) in [6, 6.07) is 18.5. The Kier molecular flexibility index (Phi) is 8.49. The molecule has 0 spiro atoms. The van der Waals surface area contributed by atoms with Crippen LogP contribution < -0.4 is 15.4 Å². The fourth-order valence-corrected chi connectivity index (χ4v) is 2.45. The van der Waals surface area contributed by atoms with Gasteiger partial charge in [0.1, 0.15) is 12.4 Å². The second-order valence-electron chi connectivity index (χ2n) is 5.96. The van der Waals surface area contributed by atoms with E-state index < -0.39 is 0 Å². The summed E-state index contributed by atoms with van der Waals surface area (Å²) in [5.41, 5.74) is 2.37. The standard InChI is InChI=1S/C21H29N3O2/c1-4-22-21(24-17(2)19-8-6-5-7-9-19)23-16-18-10-12-20(13-11-18)26-15-14-25-3/h5-13,17H,4,14-16H2,1-3H3,(H2,22,23,24). The zero-order chi connectivity index (χ0) is 18.6. The Bertz CT molecular complexity index is 657. The van der Waals surface area contributed by atoms with Crippen LogP contribution in [0.3, 0.4) is 0 Å². The Hall–Kier alpha value is -2.53. The molecule has 1 unspecified atom stereocenters. The molecule has 0 heterocycles. The number of rotatable bonds is 9. The van der Waals surface area contributed by atoms with Gasteiger partial charge in [-0.05, 0) is 37.1 Å². The molecule has 2 N–H and O–H groups in total. The molecule has 0 saturated heterocycles. The molecule has 0 bridgehead atoms. The second kappa shape index (κ2) is 11.2. The zero-order valence-electron chi connectivity index (χ0n) is 15.9. The SMILES string of the molecule is CCNC(=NCc1ccc(OCCOC)cc1)NC(C)c1ccccc1. The molecule has 0 amide bonds. The number of hydrogen-bond donors (Lipinski definition) is 2. The summed E-state index contributed by atoms with van der Waals surface area (Å²) in [5.74, 6) is 1.65. The van der Waals surface area contributed by atoms with Crippen LogP contribution >= 0.6 is 0 Å². The number of nitrogens with one attached hydrogen (secondary N) is 2. The van der Waals surface area contributed by atoms with Crippen molar-refractivity contribution in [1.82, 2.24) is 10.6 Å². The number of hydrogen-bond acceptors (Lipinski definition) is 3. The van der Waals surface area contributed by atoms with Crippen LogP contribution in [0.1, 0.15) is 31.0 Å². The van der Waals surface area contributed by atoms with Crippen LogP contribution in [-0.2, 0) is 11.3 Å². The van der Waals surface area contributed by atoms with Crippen molar-refractivity contribution in [1.29, 1.82) is 0 Å². The first-order chi connectivity index (χ1) is 12.7. The van der Waals surface area contributed by atoms with Gasteiger partial charge in [0.25, 0.3) is 0 Å². The van der Waals surface area contributed by atoms with Gasteiger partial charge < -0.3 is 20.1 Å². The van der Waals surface area contributed by atoms with Crippen LogP contribution in [0.25, 0.3) is 0 Å². The Morgan fingerprint density at radius 1 is 1.04 bits per heavy atom. The van der Waals surface area contributed by atoms with Gasteiger partial charge in [-0.25, -0.2) is 4.99 Å². The average Bonchev–Trinajstić information content (AvgIpc) is 2.68. The molecule has 5 nitrogen and oxygen atoms in total. The van der Waals surface area contributed by atoms with E-state index >= 15 is 0 Å². The maximum Gasteiger partial charge on any atom is 0.192 e. The molecule has 0 aliphatic rings. The molecular weight excluding hydrogens is 326 g/mol. The average molecular weight is 355 g/mol. The molecule has 2 aromatic carbocycles. The molecule has 2 rings (SSSR count). The smallest absolute Gasteiger partial charge is 0.192 e. The lowest BCUT2D eigenvalue weighted by Gasteiger charge is -2.18. The van der Waals surface area contributed by atoms with Crippen molar-refractivity contribution in [2.75, 3.05) is 26.9 Å². The summed E-state index contributed by atoms with van der Waals surface area (Å²) in [4.78, 5) is 4.69. The topological polar surface area (TPSA) is 54.9 Å². The lowest BCUT2D eigenvalue weighted by molar-refractivity contribution is 0.146. The van der Waals surface area contributed by atoms with E-state index in [1.807, 2.05) is 42.5 Å². The maximum atomic E-state index is 5.58. The molecule has 0 fully saturated rings. The van der Waals surface area contributed by atoms with E-state index in [2.05, 4.69) is 41.6 Å². The van der Waals surface area contributed by atoms with Crippen LogP contribution in [0.2, 0.25) is 0 Å². The summed E-state index contributed by atoms with van der Waals surface area (Å²) in [5, 5.41) is 6.75. The molecule has 0 radical (unpaired) electrons. The van der Waals surface area contributed by atoms with Gasteiger partial charge in [0.05, 0.1) is 19.2 Å². The molecular formula is C21H29N3O2. The normalized spacial score (nSPS) is 12.5. The van der Waals surface area contributed by atoms with E-state index in [9.17, 15) is 0 Å². The largest absolute Gasteiger partial charge is 0.491 e. The van der Waals surface area contributed by atoms with E-state index in [4.69, 9.17) is 9.47 Å². The highest BCUT2D eigenvalue weighted by atomic mass is 16.5. The summed E-state index contributed by atoms with van der Waals surface area (Å²) >= 11 is 0. The minimum absolute atomic E-state index is 0.186. The summed E-state index contributed by atoms with van der Waals surface area (Å²) < 4.78 is 10.6. The van der Waals surface area contributed by atoms with Crippen molar-refractivity contribution in [3.63, 3.8) is 0 Å². The van der Waals surface area contributed by atoms with Gasteiger partial charge in [0.2, 0.25) is 0 Å². The third-order valence-corrected chi connectivity index (χ3v) is 3.90. The lowest BCUT2D eigenvalue weighted by atomic mass is 10.1. The van der Waals surface area contributed by atoms with Gasteiger partial charge in [0.15, 0.2) is 5.96 Å². The lowest BCUT2D eigenvalue weighted by Crippen LogP contribution is -2.38. The Morgan fingerprint density at radius 3 is 2.42 bits per heavy atom. The molecule has 26 heavy (non-hydrogen) atoms. The van der Waals surface area contributed by atoms with E-state index in [1.54, 1.807) is 7.11 Å². The molecule has 0 aliphatic carbocycles. The molecule has 5 heteroatoms. The van der Waals surface area contributed by atoms with Crippen molar-refractivity contribution in [3.05, 3.63) is 65.7 Å². The number of ether oxygens (including phenoxy) is 2. The first-order valence-corrected chi connectivity index (χ1v) is 9.03. The van der Waals surface area contributed by atoms with Crippen LogP contribution in [0, 0.1) is 0 Å². The first kappa shape index (κ1) is 19.8. The summed E-state index contributed by atoms with van der Waals surface area (Å²) in [6.45, 7) is 6.77. The highest BCUT2D eigenvalue weighted by Gasteiger charge is 2.07. The van der Waals surface area contributed by atoms with Crippen molar-refractivity contribution in [3.8, 4) is 5.75 Å². The van der Waals surface area contributed by atoms with Crippen LogP contribution in [-0.4, -0.2) is 32.8 Å². The Balaban J connectivity index is 1.93. The maximum absolute atomic E-state index is 5.58. The number of methoxy groups -OCH3 is 1. The fraction of sp³-hybridized carbons (Fsp3) is 0.381. The van der Waals surface area contributed by atoms with E-state index in [0.29, 0.717) is 19.8 Å². The van der Waals surface area contributed by atoms with Crippen molar-refractivity contribution in [2.45, 2.75) is 26.4 Å². The van der Waals surface area contributed by atoms with Gasteiger partial charge in [-0.15, -0.1) is 0 Å². The number of aliphatic imine (C=N–C) groups is 1. The van der Waals surface area contributed by atoms with Gasteiger partial charge in [-0.2, -0.15) is 0 Å². The zero-order valence-corrected chi connectivity index (χ0v) is 15.9. The van der Waals surface area contributed by atoms with Crippen molar-refractivity contribution < 1.29 is 9.47 Å². The molecule has 1 atom stereocenters. The first-order valence-electron chi connectivity index (χ1n) is 9.03. The predicted molar refractivity (Wildman–Crippen MR) is 107 cm³/mol. The van der Waals surface area contributed by atoms with Crippen LogP contribution in [0.4, 0.5) is 0 Å². The van der Waals surface area contributed by atoms with E-state index in [1.165, 1.54) is 5.56 Å². The van der Waals surface area contributed by atoms with Crippen molar-refractivity contribution in [2.24, 2.45) is 4.99 Å². The molecule has 2 aromatic rings. The quantitative estimate of drug-likeness (QED) is 0.410. The van der Waals surface area contributed by atoms with Gasteiger partial charge in [-0.3, -0.25) is 0 Å². The molecule has 0 aromatic heterocycles. The highest BCUT2D eigenvalue weighted by molar-refractivity contribution is 5.80. The van der Waals surface area contributed by atoms with Gasteiger partial charge >= 0.3 is 0 Å². The molecule has 140 valence electrons. The minimum atomic E-state index is 0.186. The van der Waals surface area contributed by atoms with Gasteiger partial charge in [-0.1, -0.05) is 42.5 Å². The third kappa shape index (κ3) is 6.76. The third-order valence-electron chi connectivity index (χ3n) is 3.90.